The Balaban J connectivity index is 1.19. The van der Waals surface area contributed by atoms with E-state index in [1.54, 1.807) is 0 Å². The molecule has 0 unspecified atom stereocenters. The van der Waals surface area contributed by atoms with E-state index in [4.69, 9.17) is 9.15 Å². The van der Waals surface area contributed by atoms with Gasteiger partial charge in [0.25, 0.3) is 0 Å². The van der Waals surface area contributed by atoms with Crippen LogP contribution in [0.4, 0.5) is 5.69 Å². The van der Waals surface area contributed by atoms with E-state index >= 15 is 0 Å². The molecule has 7 nitrogen and oxygen atoms in total. The largest absolute Gasteiger partial charge is 0.459 e. The van der Waals surface area contributed by atoms with Crippen molar-refractivity contribution < 1.29 is 13.9 Å². The lowest BCUT2D eigenvalue weighted by molar-refractivity contribution is -0.115. The molecule has 1 saturated heterocycles. The molecule has 0 atom stereocenters. The molecule has 0 aliphatic carbocycles. The van der Waals surface area contributed by atoms with Crippen LogP contribution in [0.3, 0.4) is 0 Å². The zero-order valence-corrected chi connectivity index (χ0v) is 18.9. The van der Waals surface area contributed by atoms with E-state index in [0.717, 1.165) is 72.7 Å². The van der Waals surface area contributed by atoms with Crippen LogP contribution in [0.25, 0.3) is 21.7 Å². The summed E-state index contributed by atoms with van der Waals surface area (Å²) < 4.78 is 13.3. The highest BCUT2D eigenvalue weighted by Crippen LogP contribution is 2.26. The minimum atomic E-state index is -0.0800. The highest BCUT2D eigenvalue weighted by Gasteiger charge is 2.13. The Bertz CT molecular complexity index is 1220. The summed E-state index contributed by atoms with van der Waals surface area (Å²) in [4.78, 5) is 19.5. The summed E-state index contributed by atoms with van der Waals surface area (Å²) >= 11 is 1.49. The van der Waals surface area contributed by atoms with Gasteiger partial charge in [0.15, 0.2) is 10.8 Å². The number of hydrogen-bond acceptors (Lipinski definition) is 6. The van der Waals surface area contributed by atoms with E-state index in [1.807, 2.05) is 36.6 Å². The van der Waals surface area contributed by atoms with Crippen molar-refractivity contribution in [2.75, 3.05) is 38.2 Å². The average Bonchev–Trinajstić information content (AvgIpc) is 3.53. The standard InChI is InChI=1S/C24H26N4O3S/c1-17-2-5-22(31-17)24-26-20(16-32-24)15-23(29)25-19-3-4-21-18(14-19)6-7-28(21)9-8-27-10-12-30-13-11-27/h2-7,14,16H,8-13,15H2,1H3,(H,25,29). The van der Waals surface area contributed by atoms with Gasteiger partial charge in [-0.15, -0.1) is 11.3 Å². The van der Waals surface area contributed by atoms with Crippen molar-refractivity contribution >= 4 is 33.8 Å². The third kappa shape index (κ3) is 4.77. The van der Waals surface area contributed by atoms with Gasteiger partial charge in [-0.05, 0) is 43.3 Å². The molecule has 8 heteroatoms. The van der Waals surface area contributed by atoms with Crippen molar-refractivity contribution in [2.45, 2.75) is 19.9 Å². The molecule has 0 bridgehead atoms. The first-order valence-corrected chi connectivity index (χ1v) is 11.7. The number of nitrogens with zero attached hydrogens (tertiary/aromatic N) is 3. The number of morpholine rings is 1. The maximum atomic E-state index is 12.6. The number of nitrogens with one attached hydrogen (secondary N) is 1. The third-order valence-electron chi connectivity index (χ3n) is 5.66. The number of thiazole rings is 1. The molecule has 0 radical (unpaired) electrons. The van der Waals surface area contributed by atoms with E-state index in [1.165, 1.54) is 16.9 Å². The molecule has 1 fully saturated rings. The van der Waals surface area contributed by atoms with Crippen molar-refractivity contribution in [3.63, 3.8) is 0 Å². The maximum Gasteiger partial charge on any atom is 0.230 e. The zero-order valence-electron chi connectivity index (χ0n) is 18.0. The van der Waals surface area contributed by atoms with Gasteiger partial charge >= 0.3 is 0 Å². The van der Waals surface area contributed by atoms with E-state index in [2.05, 4.69) is 38.1 Å². The van der Waals surface area contributed by atoms with Crippen LogP contribution in [0.2, 0.25) is 0 Å². The van der Waals surface area contributed by atoms with Crippen LogP contribution in [0.1, 0.15) is 11.5 Å². The fraction of sp³-hybridized carbons (Fsp3) is 0.333. The summed E-state index contributed by atoms with van der Waals surface area (Å²) in [5, 5.41) is 6.82. The lowest BCUT2D eigenvalue weighted by Gasteiger charge is -2.26. The van der Waals surface area contributed by atoms with Crippen molar-refractivity contribution in [1.29, 1.82) is 0 Å². The number of ether oxygens (including phenoxy) is 1. The Kier molecular flexibility index (Phi) is 6.07. The summed E-state index contributed by atoms with van der Waals surface area (Å²) in [6.45, 7) is 7.49. The smallest absolute Gasteiger partial charge is 0.230 e. The number of hydrogen-bond donors (Lipinski definition) is 1. The molecule has 1 aromatic carbocycles. The molecule has 5 rings (SSSR count). The molecule has 166 valence electrons. The molecule has 4 aromatic rings. The minimum absolute atomic E-state index is 0.0800. The van der Waals surface area contributed by atoms with Crippen molar-refractivity contribution in [3.8, 4) is 10.8 Å². The molecule has 1 amide bonds. The van der Waals surface area contributed by atoms with Crippen LogP contribution >= 0.6 is 11.3 Å². The molecule has 32 heavy (non-hydrogen) atoms. The van der Waals surface area contributed by atoms with Gasteiger partial charge in [0, 0.05) is 54.3 Å². The SMILES string of the molecule is Cc1ccc(-c2nc(CC(=O)Nc3ccc4c(ccn4CCN4CCOCC4)c3)cs2)o1. The Morgan fingerprint density at radius 1 is 1.16 bits per heavy atom. The van der Waals surface area contributed by atoms with Gasteiger partial charge in [0.1, 0.15) is 5.76 Å². The van der Waals surface area contributed by atoms with Crippen molar-refractivity contribution in [2.24, 2.45) is 0 Å². The number of carbonyl (C=O) groups excluding carboxylic acids is 1. The van der Waals surface area contributed by atoms with Gasteiger partial charge in [-0.2, -0.15) is 0 Å². The summed E-state index contributed by atoms with van der Waals surface area (Å²) in [7, 11) is 0. The Hall–Kier alpha value is -2.94. The number of benzene rings is 1. The number of anilines is 1. The molecular formula is C24H26N4O3S. The minimum Gasteiger partial charge on any atom is -0.459 e. The van der Waals surface area contributed by atoms with Crippen LogP contribution < -0.4 is 5.32 Å². The molecule has 3 aromatic heterocycles. The van der Waals surface area contributed by atoms with Crippen molar-refractivity contribution in [3.05, 3.63) is 59.4 Å². The molecule has 1 aliphatic rings. The monoisotopic (exact) mass is 450 g/mol. The van der Waals surface area contributed by atoms with E-state index in [9.17, 15) is 4.79 Å². The Labute approximate surface area is 190 Å². The molecule has 0 spiro atoms. The fourth-order valence-corrected chi connectivity index (χ4v) is 4.75. The first-order valence-electron chi connectivity index (χ1n) is 10.8. The predicted molar refractivity (Wildman–Crippen MR) is 126 cm³/mol. The normalized spacial score (nSPS) is 14.8. The maximum absolute atomic E-state index is 12.6. The number of aromatic nitrogens is 2. The van der Waals surface area contributed by atoms with Crippen LogP contribution in [0.15, 0.2) is 52.4 Å². The van der Waals surface area contributed by atoms with Crippen LogP contribution in [0, 0.1) is 6.92 Å². The topological polar surface area (TPSA) is 72.5 Å². The highest BCUT2D eigenvalue weighted by molar-refractivity contribution is 7.13. The molecule has 1 aliphatic heterocycles. The molecular weight excluding hydrogens is 424 g/mol. The second-order valence-corrected chi connectivity index (χ2v) is 8.87. The molecule has 0 saturated carbocycles. The number of rotatable bonds is 7. The number of furan rings is 1. The zero-order chi connectivity index (χ0) is 21.9. The summed E-state index contributed by atoms with van der Waals surface area (Å²) in [6.07, 6.45) is 2.35. The predicted octanol–water partition coefficient (Wildman–Crippen LogP) is 4.18. The van der Waals surface area contributed by atoms with E-state index in [-0.39, 0.29) is 12.3 Å². The highest BCUT2D eigenvalue weighted by atomic mass is 32.1. The Morgan fingerprint density at radius 2 is 2.03 bits per heavy atom. The van der Waals surface area contributed by atoms with Crippen molar-refractivity contribution in [1.82, 2.24) is 14.5 Å². The third-order valence-corrected chi connectivity index (χ3v) is 6.57. The Morgan fingerprint density at radius 3 is 2.84 bits per heavy atom. The van der Waals surface area contributed by atoms with Gasteiger partial charge < -0.3 is 19.0 Å². The summed E-state index contributed by atoms with van der Waals surface area (Å²) in [5.74, 6) is 1.51. The number of carbonyl (C=O) groups is 1. The number of fused-ring (bicyclic) bond motifs is 1. The molecule has 4 heterocycles. The van der Waals surface area contributed by atoms with Gasteiger partial charge in [0.05, 0.1) is 25.3 Å². The average molecular weight is 451 g/mol. The van der Waals surface area contributed by atoms with Gasteiger partial charge in [-0.25, -0.2) is 4.98 Å². The van der Waals surface area contributed by atoms with E-state index in [0.29, 0.717) is 0 Å². The van der Waals surface area contributed by atoms with Gasteiger partial charge in [-0.3, -0.25) is 9.69 Å². The van der Waals surface area contributed by atoms with E-state index < -0.39 is 0 Å². The van der Waals surface area contributed by atoms with Crippen LogP contribution in [-0.4, -0.2) is 53.2 Å². The lowest BCUT2D eigenvalue weighted by atomic mass is 10.2. The number of amides is 1. The lowest BCUT2D eigenvalue weighted by Crippen LogP contribution is -2.38. The quantitative estimate of drug-likeness (QED) is 0.457. The second kappa shape index (κ2) is 9.28. The number of aryl methyl sites for hydroxylation is 1. The van der Waals surface area contributed by atoms with Gasteiger partial charge in [0.2, 0.25) is 5.91 Å². The summed E-state index contributed by atoms with van der Waals surface area (Å²) in [5.41, 5.74) is 2.71. The first-order chi connectivity index (χ1) is 15.6. The molecule has 1 N–H and O–H groups in total. The fourth-order valence-electron chi connectivity index (χ4n) is 3.97. The summed E-state index contributed by atoms with van der Waals surface area (Å²) in [6, 6.07) is 12.0. The first kappa shape index (κ1) is 20.9. The van der Waals surface area contributed by atoms with Crippen LogP contribution in [-0.2, 0) is 22.5 Å². The second-order valence-electron chi connectivity index (χ2n) is 8.02. The van der Waals surface area contributed by atoms with Gasteiger partial charge in [-0.1, -0.05) is 0 Å². The van der Waals surface area contributed by atoms with Crippen LogP contribution in [0.5, 0.6) is 0 Å².